The van der Waals surface area contributed by atoms with E-state index >= 15 is 0 Å². The van der Waals surface area contributed by atoms with Crippen LogP contribution >= 0.6 is 0 Å². The van der Waals surface area contributed by atoms with E-state index in [1.54, 1.807) is 0 Å². The Morgan fingerprint density at radius 1 is 1.00 bits per heavy atom. The number of ketones is 1. The van der Waals surface area contributed by atoms with Crippen molar-refractivity contribution in [2.45, 2.75) is 98.3 Å². The van der Waals surface area contributed by atoms with Gasteiger partial charge in [-0.1, -0.05) is 37.4 Å². The molecular weight excluding hydrogens is 386 g/mol. The summed E-state index contributed by atoms with van der Waals surface area (Å²) in [6.07, 6.45) is 15.3. The molecule has 0 aromatic rings. The third kappa shape index (κ3) is 2.88. The number of carbonyl (C=O) groups is 2. The molecule has 0 amide bonds. The molecular formula is C27H39NO3. The Kier molecular flexibility index (Phi) is 5.03. The number of fused-ring (bicyclic) bond motifs is 7. The fraction of sp³-hybridized carbons (Fsp3) is 0.815. The number of nitrogens with zero attached hydrogens (tertiary/aromatic N) is 1. The quantitative estimate of drug-likeness (QED) is 0.388. The molecule has 0 aromatic heterocycles. The van der Waals surface area contributed by atoms with Gasteiger partial charge in [-0.2, -0.15) is 0 Å². The van der Waals surface area contributed by atoms with Crippen LogP contribution in [0.4, 0.5) is 0 Å². The molecule has 5 aliphatic carbocycles. The fourth-order valence-electron chi connectivity index (χ4n) is 9.56. The molecule has 0 saturated heterocycles. The van der Waals surface area contributed by atoms with Crippen molar-refractivity contribution in [1.29, 1.82) is 0 Å². The summed E-state index contributed by atoms with van der Waals surface area (Å²) in [5, 5.41) is 4.10. The van der Waals surface area contributed by atoms with E-state index in [2.05, 4.69) is 25.1 Å². The summed E-state index contributed by atoms with van der Waals surface area (Å²) in [5.41, 5.74) is 2.82. The molecule has 5 rings (SSSR count). The van der Waals surface area contributed by atoms with E-state index in [4.69, 9.17) is 4.84 Å². The minimum absolute atomic E-state index is 0.0473. The van der Waals surface area contributed by atoms with Gasteiger partial charge in [-0.25, -0.2) is 4.79 Å². The molecule has 0 heterocycles. The van der Waals surface area contributed by atoms with Crippen molar-refractivity contribution in [2.24, 2.45) is 45.1 Å². The fourth-order valence-corrected chi connectivity index (χ4v) is 9.56. The van der Waals surface area contributed by atoms with Crippen molar-refractivity contribution in [3.8, 4) is 0 Å². The van der Waals surface area contributed by atoms with Gasteiger partial charge in [0.25, 0.3) is 0 Å². The molecule has 7 atom stereocenters. The minimum atomic E-state index is -0.350. The average molecular weight is 426 g/mol. The molecule has 0 bridgehead atoms. The van der Waals surface area contributed by atoms with Crippen LogP contribution in [-0.2, 0) is 14.4 Å². The van der Waals surface area contributed by atoms with Crippen LogP contribution in [0.15, 0.2) is 16.8 Å². The molecule has 4 heteroatoms. The van der Waals surface area contributed by atoms with Gasteiger partial charge in [0, 0.05) is 12.3 Å². The van der Waals surface area contributed by atoms with Crippen molar-refractivity contribution in [3.05, 3.63) is 11.6 Å². The average Bonchev–Trinajstić information content (AvgIpc) is 3.02. The van der Waals surface area contributed by atoms with Crippen LogP contribution in [0.2, 0.25) is 0 Å². The Labute approximate surface area is 187 Å². The van der Waals surface area contributed by atoms with E-state index < -0.39 is 0 Å². The topological polar surface area (TPSA) is 55.7 Å². The van der Waals surface area contributed by atoms with Crippen LogP contribution in [0.3, 0.4) is 0 Å². The van der Waals surface area contributed by atoms with Crippen molar-refractivity contribution < 1.29 is 14.4 Å². The predicted octanol–water partition coefficient (Wildman–Crippen LogP) is 6.24. The molecule has 4 saturated carbocycles. The number of Topliss-reactive ketones (excluding diaryl/α,β-unsaturated/α-hetero) is 1. The highest BCUT2D eigenvalue weighted by atomic mass is 16.7. The zero-order valence-electron chi connectivity index (χ0n) is 19.8. The molecule has 170 valence electrons. The maximum atomic E-state index is 13.2. The van der Waals surface area contributed by atoms with Crippen LogP contribution < -0.4 is 0 Å². The largest absolute Gasteiger partial charge is 0.331 e. The number of hydrogen-bond acceptors (Lipinski definition) is 4. The molecule has 4 fully saturated rings. The smallest absolute Gasteiger partial charge is 0.318 e. The first-order valence-corrected chi connectivity index (χ1v) is 12.7. The van der Waals surface area contributed by atoms with Gasteiger partial charge in [-0.3, -0.25) is 4.79 Å². The summed E-state index contributed by atoms with van der Waals surface area (Å²) in [7, 11) is 0. The van der Waals surface area contributed by atoms with Gasteiger partial charge in [0.05, 0.1) is 5.71 Å². The highest BCUT2D eigenvalue weighted by Gasteiger charge is 2.69. The number of oxime groups is 1. The van der Waals surface area contributed by atoms with Crippen molar-refractivity contribution in [1.82, 2.24) is 0 Å². The molecule has 0 spiro atoms. The SMILES string of the molecule is CC(=O)O/N=C1/C=C2CCC3C(CC[C@]4(C)C3C[C@@H]3CCCC[C@@]34C(C)=O)[C@]2(C)CC1. The Balaban J connectivity index is 1.46. The van der Waals surface area contributed by atoms with E-state index in [9.17, 15) is 9.59 Å². The molecule has 5 aliphatic rings. The summed E-state index contributed by atoms with van der Waals surface area (Å²) >= 11 is 0. The van der Waals surface area contributed by atoms with Gasteiger partial charge in [-0.15, -0.1) is 0 Å². The lowest BCUT2D eigenvalue weighted by Gasteiger charge is -2.60. The zero-order valence-corrected chi connectivity index (χ0v) is 19.8. The van der Waals surface area contributed by atoms with Crippen LogP contribution in [0, 0.1) is 39.9 Å². The maximum Gasteiger partial charge on any atom is 0.331 e. The van der Waals surface area contributed by atoms with Crippen LogP contribution in [0.5, 0.6) is 0 Å². The van der Waals surface area contributed by atoms with Gasteiger partial charge < -0.3 is 4.84 Å². The first-order valence-electron chi connectivity index (χ1n) is 12.7. The van der Waals surface area contributed by atoms with Gasteiger partial charge in [0.1, 0.15) is 5.78 Å². The lowest BCUT2D eigenvalue weighted by atomic mass is 9.44. The van der Waals surface area contributed by atoms with E-state index in [0.29, 0.717) is 23.5 Å². The van der Waals surface area contributed by atoms with Crippen LogP contribution in [-0.4, -0.2) is 17.5 Å². The Morgan fingerprint density at radius 2 is 1.81 bits per heavy atom. The lowest BCUT2D eigenvalue weighted by molar-refractivity contribution is -0.147. The highest BCUT2D eigenvalue weighted by Crippen LogP contribution is 2.74. The zero-order chi connectivity index (χ0) is 22.0. The standard InChI is InChI=1S/C27H39NO3/c1-17(29)27-12-6-5-7-20(27)16-24-22-9-8-19-15-21(28-31-18(2)30)10-13-25(19,3)23(22)11-14-26(24,27)4/h15,20,22-24H,5-14,16H2,1-4H3/b28-21+/t20-,22?,23?,24?,25+,26+,27+/m0/s1. The second-order valence-electron chi connectivity index (χ2n) is 11.8. The third-order valence-corrected chi connectivity index (χ3v) is 10.9. The molecule has 0 aliphatic heterocycles. The van der Waals surface area contributed by atoms with Crippen molar-refractivity contribution in [2.75, 3.05) is 0 Å². The lowest BCUT2D eigenvalue weighted by Crippen LogP contribution is -2.55. The summed E-state index contributed by atoms with van der Waals surface area (Å²) in [6, 6.07) is 0. The van der Waals surface area contributed by atoms with Gasteiger partial charge in [0.2, 0.25) is 0 Å². The van der Waals surface area contributed by atoms with E-state index in [1.807, 2.05) is 6.92 Å². The normalized spacial score (nSPS) is 47.5. The maximum absolute atomic E-state index is 13.2. The van der Waals surface area contributed by atoms with Crippen molar-refractivity contribution in [3.63, 3.8) is 0 Å². The summed E-state index contributed by atoms with van der Waals surface area (Å²) in [4.78, 5) is 29.3. The van der Waals surface area contributed by atoms with Gasteiger partial charge >= 0.3 is 5.97 Å². The second-order valence-corrected chi connectivity index (χ2v) is 11.8. The number of hydrogen-bond donors (Lipinski definition) is 0. The van der Waals surface area contributed by atoms with E-state index in [-0.39, 0.29) is 22.2 Å². The van der Waals surface area contributed by atoms with Gasteiger partial charge in [0.15, 0.2) is 0 Å². The molecule has 0 N–H and O–H groups in total. The number of carbonyl (C=O) groups excluding carboxylic acids is 2. The highest BCUT2D eigenvalue weighted by molar-refractivity contribution is 5.96. The number of rotatable bonds is 2. The molecule has 3 unspecified atom stereocenters. The third-order valence-electron chi connectivity index (χ3n) is 10.9. The summed E-state index contributed by atoms with van der Waals surface area (Å²) < 4.78 is 0. The number of allylic oxidation sites excluding steroid dienone is 2. The Hall–Kier alpha value is -1.45. The van der Waals surface area contributed by atoms with Crippen LogP contribution in [0.25, 0.3) is 0 Å². The molecule has 0 radical (unpaired) electrons. The second kappa shape index (κ2) is 7.28. The van der Waals surface area contributed by atoms with E-state index in [1.165, 1.54) is 57.4 Å². The first-order chi connectivity index (χ1) is 14.7. The molecule has 4 nitrogen and oxygen atoms in total. The monoisotopic (exact) mass is 425 g/mol. The summed E-state index contributed by atoms with van der Waals surface area (Å²) in [6.45, 7) is 8.32. The Bertz CT molecular complexity index is 859. The van der Waals surface area contributed by atoms with Crippen molar-refractivity contribution >= 4 is 17.5 Å². The molecule has 31 heavy (non-hydrogen) atoms. The minimum Gasteiger partial charge on any atom is -0.318 e. The predicted molar refractivity (Wildman–Crippen MR) is 121 cm³/mol. The first kappa shape index (κ1) is 21.4. The van der Waals surface area contributed by atoms with Gasteiger partial charge in [-0.05, 0) is 105 Å². The molecule has 0 aromatic carbocycles. The Morgan fingerprint density at radius 3 is 2.55 bits per heavy atom. The summed E-state index contributed by atoms with van der Waals surface area (Å²) in [5.74, 6) is 2.92. The van der Waals surface area contributed by atoms with E-state index in [0.717, 1.165) is 37.3 Å². The van der Waals surface area contributed by atoms with Crippen LogP contribution in [0.1, 0.15) is 98.3 Å².